The minimum Gasteiger partial charge on any atom is -0.494 e. The number of nitrogens with zero attached hydrogens (tertiary/aromatic N) is 1. The van der Waals surface area contributed by atoms with Crippen molar-refractivity contribution in [2.24, 2.45) is 5.92 Å². The molecule has 0 atom stereocenters. The van der Waals surface area contributed by atoms with Gasteiger partial charge >= 0.3 is 5.97 Å². The number of carbonyl (C=O) groups excluding carboxylic acids is 1. The van der Waals surface area contributed by atoms with E-state index in [1.807, 2.05) is 31.2 Å². The Labute approximate surface area is 130 Å². The fourth-order valence-corrected chi connectivity index (χ4v) is 2.63. The van der Waals surface area contributed by atoms with Gasteiger partial charge in [0.2, 0.25) is 5.91 Å². The third-order valence-electron chi connectivity index (χ3n) is 3.92. The third-order valence-corrected chi connectivity index (χ3v) is 3.92. The van der Waals surface area contributed by atoms with Crippen LogP contribution in [-0.4, -0.2) is 41.6 Å². The van der Waals surface area contributed by atoms with Crippen molar-refractivity contribution in [1.82, 2.24) is 4.90 Å². The molecule has 1 aliphatic rings. The minimum atomic E-state index is -0.757. The molecule has 2 rings (SSSR count). The SMILES string of the molecule is CCCOc1cccc(CC(=O)N2CCC(C(=O)O)CC2)c1. The number of hydrogen-bond donors (Lipinski definition) is 1. The average Bonchev–Trinajstić information content (AvgIpc) is 2.53. The molecule has 0 bridgehead atoms. The molecule has 120 valence electrons. The Hall–Kier alpha value is -2.04. The second-order valence-electron chi connectivity index (χ2n) is 5.67. The molecule has 0 aromatic heterocycles. The molecular weight excluding hydrogens is 282 g/mol. The highest BCUT2D eigenvalue weighted by molar-refractivity contribution is 5.79. The van der Waals surface area contributed by atoms with Crippen LogP contribution in [0.3, 0.4) is 0 Å². The fraction of sp³-hybridized carbons (Fsp3) is 0.529. The van der Waals surface area contributed by atoms with Crippen LogP contribution < -0.4 is 4.74 Å². The Morgan fingerprint density at radius 3 is 2.68 bits per heavy atom. The summed E-state index contributed by atoms with van der Waals surface area (Å²) in [6.45, 7) is 3.78. The van der Waals surface area contributed by atoms with Crippen molar-refractivity contribution in [2.75, 3.05) is 19.7 Å². The smallest absolute Gasteiger partial charge is 0.306 e. The molecule has 1 N–H and O–H groups in total. The highest BCUT2D eigenvalue weighted by Gasteiger charge is 2.26. The molecule has 0 saturated carbocycles. The van der Waals surface area contributed by atoms with Gasteiger partial charge in [-0.25, -0.2) is 0 Å². The van der Waals surface area contributed by atoms with Gasteiger partial charge in [-0.05, 0) is 37.0 Å². The van der Waals surface area contributed by atoms with Crippen LogP contribution in [0.15, 0.2) is 24.3 Å². The molecule has 22 heavy (non-hydrogen) atoms. The topological polar surface area (TPSA) is 66.8 Å². The van der Waals surface area contributed by atoms with Gasteiger partial charge in [-0.15, -0.1) is 0 Å². The lowest BCUT2D eigenvalue weighted by molar-refractivity contribution is -0.145. The number of ether oxygens (including phenoxy) is 1. The zero-order valence-corrected chi connectivity index (χ0v) is 13.0. The molecule has 1 amide bonds. The quantitative estimate of drug-likeness (QED) is 0.876. The summed E-state index contributed by atoms with van der Waals surface area (Å²) in [4.78, 5) is 25.0. The van der Waals surface area contributed by atoms with Crippen LogP contribution in [0.25, 0.3) is 0 Å². The summed E-state index contributed by atoms with van der Waals surface area (Å²) in [5.41, 5.74) is 0.930. The first kappa shape index (κ1) is 16.3. The molecule has 0 unspecified atom stereocenters. The summed E-state index contributed by atoms with van der Waals surface area (Å²) >= 11 is 0. The van der Waals surface area contributed by atoms with E-state index >= 15 is 0 Å². The van der Waals surface area contributed by atoms with Crippen LogP contribution >= 0.6 is 0 Å². The molecule has 1 heterocycles. The highest BCUT2D eigenvalue weighted by Crippen LogP contribution is 2.19. The maximum Gasteiger partial charge on any atom is 0.306 e. The maximum atomic E-state index is 12.3. The summed E-state index contributed by atoms with van der Waals surface area (Å²) in [6.07, 6.45) is 2.37. The largest absolute Gasteiger partial charge is 0.494 e. The van der Waals surface area contributed by atoms with Gasteiger partial charge in [-0.2, -0.15) is 0 Å². The molecule has 0 spiro atoms. The molecule has 1 fully saturated rings. The number of likely N-dealkylation sites (tertiary alicyclic amines) is 1. The maximum absolute atomic E-state index is 12.3. The lowest BCUT2D eigenvalue weighted by atomic mass is 9.96. The lowest BCUT2D eigenvalue weighted by Crippen LogP contribution is -2.40. The molecule has 1 aliphatic heterocycles. The van der Waals surface area contributed by atoms with Crippen molar-refractivity contribution >= 4 is 11.9 Å². The molecule has 0 aliphatic carbocycles. The number of carboxylic acid groups (broad SMARTS) is 1. The first-order valence-corrected chi connectivity index (χ1v) is 7.82. The van der Waals surface area contributed by atoms with E-state index < -0.39 is 5.97 Å². The van der Waals surface area contributed by atoms with E-state index in [0.29, 0.717) is 39.0 Å². The van der Waals surface area contributed by atoms with Crippen molar-refractivity contribution < 1.29 is 19.4 Å². The normalized spacial score (nSPS) is 15.6. The van der Waals surface area contributed by atoms with E-state index in [-0.39, 0.29) is 11.8 Å². The van der Waals surface area contributed by atoms with Gasteiger partial charge in [-0.1, -0.05) is 19.1 Å². The van der Waals surface area contributed by atoms with Crippen LogP contribution in [0.4, 0.5) is 0 Å². The number of benzene rings is 1. The van der Waals surface area contributed by atoms with Gasteiger partial charge in [0.1, 0.15) is 5.75 Å². The Kier molecular flexibility index (Phi) is 5.81. The van der Waals surface area contributed by atoms with Crippen molar-refractivity contribution in [2.45, 2.75) is 32.6 Å². The van der Waals surface area contributed by atoms with Gasteiger partial charge in [0.05, 0.1) is 18.9 Å². The second kappa shape index (κ2) is 7.82. The molecule has 0 radical (unpaired) electrons. The van der Waals surface area contributed by atoms with Crippen LogP contribution in [0.2, 0.25) is 0 Å². The molecule has 1 aromatic carbocycles. The fourth-order valence-electron chi connectivity index (χ4n) is 2.63. The zero-order chi connectivity index (χ0) is 15.9. The number of rotatable bonds is 6. The molecule has 1 aromatic rings. The Balaban J connectivity index is 1.88. The zero-order valence-electron chi connectivity index (χ0n) is 13.0. The number of carbonyl (C=O) groups is 2. The van der Waals surface area contributed by atoms with E-state index in [9.17, 15) is 9.59 Å². The monoisotopic (exact) mass is 305 g/mol. The summed E-state index contributed by atoms with van der Waals surface area (Å²) in [5, 5.41) is 8.98. The average molecular weight is 305 g/mol. The van der Waals surface area contributed by atoms with Crippen molar-refractivity contribution in [3.05, 3.63) is 29.8 Å². The number of piperidine rings is 1. The van der Waals surface area contributed by atoms with E-state index in [2.05, 4.69) is 0 Å². The third kappa shape index (κ3) is 4.48. The summed E-state index contributed by atoms with van der Waals surface area (Å²) in [5.74, 6) is -0.226. The Morgan fingerprint density at radius 1 is 1.32 bits per heavy atom. The van der Waals surface area contributed by atoms with Crippen molar-refractivity contribution in [1.29, 1.82) is 0 Å². The molecule has 1 saturated heterocycles. The standard InChI is InChI=1S/C17H23NO4/c1-2-10-22-15-5-3-4-13(11-15)12-16(19)18-8-6-14(7-9-18)17(20)21/h3-5,11,14H,2,6-10,12H2,1H3,(H,20,21). The van der Waals surface area contributed by atoms with Crippen molar-refractivity contribution in [3.63, 3.8) is 0 Å². The predicted octanol–water partition coefficient (Wildman–Crippen LogP) is 2.34. The predicted molar refractivity (Wildman–Crippen MR) is 82.9 cm³/mol. The molecule has 5 nitrogen and oxygen atoms in total. The van der Waals surface area contributed by atoms with Crippen LogP contribution in [0.5, 0.6) is 5.75 Å². The van der Waals surface area contributed by atoms with Crippen LogP contribution in [0, 0.1) is 5.92 Å². The summed E-state index contributed by atoms with van der Waals surface area (Å²) in [6, 6.07) is 7.60. The Morgan fingerprint density at radius 2 is 2.05 bits per heavy atom. The minimum absolute atomic E-state index is 0.0523. The first-order valence-electron chi connectivity index (χ1n) is 7.82. The number of hydrogen-bond acceptors (Lipinski definition) is 3. The van der Waals surface area contributed by atoms with Crippen LogP contribution in [-0.2, 0) is 16.0 Å². The first-order chi connectivity index (χ1) is 10.6. The van der Waals surface area contributed by atoms with Gasteiger partial charge in [0.25, 0.3) is 0 Å². The van der Waals surface area contributed by atoms with E-state index in [1.54, 1.807) is 4.90 Å². The van der Waals surface area contributed by atoms with Gasteiger partial charge in [-0.3, -0.25) is 9.59 Å². The van der Waals surface area contributed by atoms with Gasteiger partial charge < -0.3 is 14.7 Å². The Bertz CT molecular complexity index is 521. The summed E-state index contributed by atoms with van der Waals surface area (Å²) < 4.78 is 5.57. The molecular formula is C17H23NO4. The second-order valence-corrected chi connectivity index (χ2v) is 5.67. The number of amides is 1. The number of aliphatic carboxylic acids is 1. The number of carboxylic acids is 1. The van der Waals surface area contributed by atoms with Crippen molar-refractivity contribution in [3.8, 4) is 5.75 Å². The van der Waals surface area contributed by atoms with Gasteiger partial charge in [0, 0.05) is 13.1 Å². The summed E-state index contributed by atoms with van der Waals surface area (Å²) in [7, 11) is 0. The van der Waals surface area contributed by atoms with Crippen LogP contribution in [0.1, 0.15) is 31.7 Å². The lowest BCUT2D eigenvalue weighted by Gasteiger charge is -2.30. The van der Waals surface area contributed by atoms with Gasteiger partial charge in [0.15, 0.2) is 0 Å². The van der Waals surface area contributed by atoms with E-state index in [4.69, 9.17) is 9.84 Å². The molecule has 5 heteroatoms. The highest BCUT2D eigenvalue weighted by atomic mass is 16.5. The van der Waals surface area contributed by atoms with E-state index in [0.717, 1.165) is 17.7 Å². The van der Waals surface area contributed by atoms with E-state index in [1.165, 1.54) is 0 Å².